The van der Waals surface area contributed by atoms with E-state index < -0.39 is 38.8 Å². The van der Waals surface area contributed by atoms with Crippen molar-refractivity contribution in [3.8, 4) is 17.0 Å². The van der Waals surface area contributed by atoms with Crippen molar-refractivity contribution in [2.24, 2.45) is 0 Å². The van der Waals surface area contributed by atoms with Gasteiger partial charge in [-0.25, -0.2) is 0 Å². The fourth-order valence-electron chi connectivity index (χ4n) is 3.39. The predicted molar refractivity (Wildman–Crippen MR) is 95.0 cm³/mol. The van der Waals surface area contributed by atoms with Gasteiger partial charge in [-0.2, -0.15) is 8.78 Å². The molecule has 1 aliphatic rings. The number of nitrogens with zero attached hydrogens (tertiary/aromatic N) is 2. The number of methoxy groups -OCH3 is 1. The second-order valence-corrected chi connectivity index (χ2v) is 6.35. The third kappa shape index (κ3) is 2.56. The molecule has 2 aromatic carbocycles. The summed E-state index contributed by atoms with van der Waals surface area (Å²) in [5.74, 6) is -3.68. The number of pyridine rings is 1. The van der Waals surface area contributed by atoms with Gasteiger partial charge < -0.3 is 9.30 Å². The SMILES string of the molecule is COc1c(F)c(F)c([N+](=O)[O-])c2c(=O)cc(-c3ccccc3)n(C3CC3)c12. The number of hydrogen-bond donors (Lipinski definition) is 0. The van der Waals surface area contributed by atoms with Crippen LogP contribution in [-0.2, 0) is 0 Å². The maximum Gasteiger partial charge on any atom is 0.321 e. The number of hydrogen-bond acceptors (Lipinski definition) is 4. The maximum atomic E-state index is 14.6. The van der Waals surface area contributed by atoms with Crippen molar-refractivity contribution in [2.45, 2.75) is 18.9 Å². The summed E-state index contributed by atoms with van der Waals surface area (Å²) in [6.07, 6.45) is 1.52. The molecule has 0 N–H and O–H groups in total. The zero-order chi connectivity index (χ0) is 19.3. The highest BCUT2D eigenvalue weighted by Gasteiger charge is 2.36. The van der Waals surface area contributed by atoms with Crippen molar-refractivity contribution < 1.29 is 18.4 Å². The molecule has 8 heteroatoms. The van der Waals surface area contributed by atoms with Crippen molar-refractivity contribution in [2.75, 3.05) is 7.11 Å². The lowest BCUT2D eigenvalue weighted by Crippen LogP contribution is -2.16. The average Bonchev–Trinajstić information content (AvgIpc) is 3.48. The number of halogens is 2. The first-order valence-corrected chi connectivity index (χ1v) is 8.29. The molecule has 0 spiro atoms. The van der Waals surface area contributed by atoms with Crippen LogP contribution < -0.4 is 10.2 Å². The van der Waals surface area contributed by atoms with Crippen molar-refractivity contribution in [1.82, 2.24) is 4.57 Å². The Labute approximate surface area is 151 Å². The largest absolute Gasteiger partial charge is 0.491 e. The summed E-state index contributed by atoms with van der Waals surface area (Å²) in [7, 11) is 1.14. The van der Waals surface area contributed by atoms with Gasteiger partial charge in [0.1, 0.15) is 10.9 Å². The molecule has 3 aromatic rings. The molecule has 0 amide bonds. The minimum atomic E-state index is -1.70. The Bertz CT molecular complexity index is 1140. The van der Waals surface area contributed by atoms with Crippen LogP contribution in [0.25, 0.3) is 22.2 Å². The number of nitro groups is 1. The average molecular weight is 372 g/mol. The highest BCUT2D eigenvalue weighted by atomic mass is 19.2. The van der Waals surface area contributed by atoms with E-state index in [1.807, 2.05) is 6.07 Å². The highest BCUT2D eigenvalue weighted by molar-refractivity contribution is 5.95. The Hall–Kier alpha value is -3.29. The Balaban J connectivity index is 2.26. The quantitative estimate of drug-likeness (QED) is 0.508. The van der Waals surface area contributed by atoms with E-state index in [0.29, 0.717) is 11.3 Å². The molecule has 1 aromatic heterocycles. The fraction of sp³-hybridized carbons (Fsp3) is 0.211. The lowest BCUT2D eigenvalue weighted by Gasteiger charge is -2.19. The summed E-state index contributed by atoms with van der Waals surface area (Å²) in [5.41, 5.74) is -0.837. The third-order valence-electron chi connectivity index (χ3n) is 4.67. The van der Waals surface area contributed by atoms with E-state index in [-0.39, 0.29) is 11.6 Å². The van der Waals surface area contributed by atoms with Crippen LogP contribution in [0.15, 0.2) is 41.2 Å². The van der Waals surface area contributed by atoms with Crippen molar-refractivity contribution >= 4 is 16.6 Å². The molecule has 1 heterocycles. The molecule has 138 valence electrons. The van der Waals surface area contributed by atoms with E-state index in [4.69, 9.17) is 4.74 Å². The lowest BCUT2D eigenvalue weighted by molar-refractivity contribution is -0.386. The van der Waals surface area contributed by atoms with Crippen LogP contribution >= 0.6 is 0 Å². The Morgan fingerprint density at radius 1 is 1.19 bits per heavy atom. The van der Waals surface area contributed by atoms with Crippen LogP contribution in [-0.4, -0.2) is 16.6 Å². The van der Waals surface area contributed by atoms with Gasteiger partial charge >= 0.3 is 5.69 Å². The molecule has 4 rings (SSSR count). The minimum absolute atomic E-state index is 0.0818. The number of nitro benzene ring substituents is 1. The van der Waals surface area contributed by atoms with E-state index in [0.717, 1.165) is 20.0 Å². The smallest absolute Gasteiger partial charge is 0.321 e. The first-order valence-electron chi connectivity index (χ1n) is 8.29. The topological polar surface area (TPSA) is 74.4 Å². The van der Waals surface area contributed by atoms with E-state index in [1.165, 1.54) is 6.07 Å². The van der Waals surface area contributed by atoms with E-state index in [1.54, 1.807) is 28.8 Å². The van der Waals surface area contributed by atoms with Crippen molar-refractivity contribution in [3.05, 3.63) is 68.4 Å². The van der Waals surface area contributed by atoms with Gasteiger partial charge in [0, 0.05) is 12.1 Å². The maximum absolute atomic E-state index is 14.6. The molecule has 0 aliphatic heterocycles. The van der Waals surface area contributed by atoms with E-state index >= 15 is 0 Å². The summed E-state index contributed by atoms with van der Waals surface area (Å²) in [6, 6.07) is 10.1. The summed E-state index contributed by atoms with van der Waals surface area (Å²) in [6.45, 7) is 0. The van der Waals surface area contributed by atoms with Crippen LogP contribution in [0.3, 0.4) is 0 Å². The Morgan fingerprint density at radius 2 is 1.85 bits per heavy atom. The van der Waals surface area contributed by atoms with Gasteiger partial charge in [0.25, 0.3) is 0 Å². The van der Waals surface area contributed by atoms with Gasteiger partial charge in [-0.05, 0) is 18.4 Å². The Kier molecular flexibility index (Phi) is 3.91. The molecule has 1 aliphatic carbocycles. The molecule has 0 atom stereocenters. The standard InChI is InChI=1S/C19H14F2N2O4/c1-27-19-16(21)15(20)17(23(25)26)14-13(24)9-12(10-5-3-2-4-6-10)22(18(14)19)11-7-8-11/h2-6,9,11H,7-8H2,1H3. The molecular formula is C19H14F2N2O4. The van der Waals surface area contributed by atoms with Gasteiger partial charge in [0.05, 0.1) is 17.7 Å². The van der Waals surface area contributed by atoms with E-state index in [9.17, 15) is 23.7 Å². The summed E-state index contributed by atoms with van der Waals surface area (Å²) >= 11 is 0. The highest BCUT2D eigenvalue weighted by Crippen LogP contribution is 2.45. The summed E-state index contributed by atoms with van der Waals surface area (Å²) in [5, 5.41) is 10.9. The number of benzene rings is 2. The summed E-state index contributed by atoms with van der Waals surface area (Å²) in [4.78, 5) is 23.1. The van der Waals surface area contributed by atoms with Gasteiger partial charge in [0.2, 0.25) is 11.6 Å². The number of rotatable bonds is 4. The molecule has 0 unspecified atom stereocenters. The van der Waals surface area contributed by atoms with Gasteiger partial charge in [-0.1, -0.05) is 30.3 Å². The zero-order valence-electron chi connectivity index (χ0n) is 14.2. The molecule has 6 nitrogen and oxygen atoms in total. The third-order valence-corrected chi connectivity index (χ3v) is 4.67. The van der Waals surface area contributed by atoms with Crippen molar-refractivity contribution in [1.29, 1.82) is 0 Å². The second kappa shape index (κ2) is 6.15. The fourth-order valence-corrected chi connectivity index (χ4v) is 3.39. The molecule has 1 fully saturated rings. The van der Waals surface area contributed by atoms with Crippen LogP contribution in [0.2, 0.25) is 0 Å². The van der Waals surface area contributed by atoms with Gasteiger partial charge in [-0.3, -0.25) is 14.9 Å². The monoisotopic (exact) mass is 372 g/mol. The molecule has 0 saturated heterocycles. The predicted octanol–water partition coefficient (Wildman–Crippen LogP) is 4.20. The number of aromatic nitrogens is 1. The zero-order valence-corrected chi connectivity index (χ0v) is 14.2. The Morgan fingerprint density at radius 3 is 2.41 bits per heavy atom. The second-order valence-electron chi connectivity index (χ2n) is 6.35. The van der Waals surface area contributed by atoms with Gasteiger partial charge in [0.15, 0.2) is 11.2 Å². The molecular weight excluding hydrogens is 358 g/mol. The first kappa shape index (κ1) is 17.1. The lowest BCUT2D eigenvalue weighted by atomic mass is 10.1. The van der Waals surface area contributed by atoms with Crippen LogP contribution in [0, 0.1) is 21.7 Å². The van der Waals surface area contributed by atoms with Gasteiger partial charge in [-0.15, -0.1) is 0 Å². The van der Waals surface area contributed by atoms with Crippen LogP contribution in [0.1, 0.15) is 18.9 Å². The van der Waals surface area contributed by atoms with Crippen LogP contribution in [0.4, 0.5) is 14.5 Å². The number of ether oxygens (including phenoxy) is 1. The molecule has 27 heavy (non-hydrogen) atoms. The van der Waals surface area contributed by atoms with E-state index in [2.05, 4.69) is 0 Å². The molecule has 0 bridgehead atoms. The first-order chi connectivity index (χ1) is 13.0. The summed E-state index contributed by atoms with van der Waals surface area (Å²) < 4.78 is 35.6. The normalized spacial score (nSPS) is 13.7. The molecule has 1 saturated carbocycles. The molecule has 0 radical (unpaired) electrons. The van der Waals surface area contributed by atoms with Crippen LogP contribution in [0.5, 0.6) is 5.75 Å². The number of fused-ring (bicyclic) bond motifs is 1. The minimum Gasteiger partial charge on any atom is -0.491 e. The van der Waals surface area contributed by atoms with Crippen molar-refractivity contribution in [3.63, 3.8) is 0 Å².